The van der Waals surface area contributed by atoms with Crippen LogP contribution in [0.2, 0.25) is 5.02 Å². The van der Waals surface area contributed by atoms with Crippen LogP contribution in [-0.4, -0.2) is 16.0 Å². The summed E-state index contributed by atoms with van der Waals surface area (Å²) in [4.78, 5) is 17.2. The molecular formula is C24H19ClFN3O2. The molecule has 0 saturated carbocycles. The first kappa shape index (κ1) is 20.8. The highest BCUT2D eigenvalue weighted by Crippen LogP contribution is 2.39. The smallest absolute Gasteiger partial charge is 0.241 e. The van der Waals surface area contributed by atoms with Gasteiger partial charge in [-0.1, -0.05) is 35.0 Å². The Hall–Kier alpha value is -3.51. The van der Waals surface area contributed by atoms with E-state index in [9.17, 15) is 9.18 Å². The molecule has 0 unspecified atom stereocenters. The molecule has 4 aromatic rings. The average Bonchev–Trinajstić information content (AvgIpc) is 3.15. The maximum Gasteiger partial charge on any atom is 0.241 e. The fourth-order valence-corrected chi connectivity index (χ4v) is 3.47. The highest BCUT2D eigenvalue weighted by molar-refractivity contribution is 6.31. The SMILES string of the molecule is Cc1ccnc(-c2c(-c3ccc(F)cc3)noc2NC(=O)Cc2ccccc2Cl)c1C. The molecule has 2 heterocycles. The first-order valence-electron chi connectivity index (χ1n) is 9.65. The summed E-state index contributed by atoms with van der Waals surface area (Å²) in [5.41, 5.74) is 4.95. The number of rotatable bonds is 5. The van der Waals surface area contributed by atoms with E-state index in [1.54, 1.807) is 36.5 Å². The largest absolute Gasteiger partial charge is 0.337 e. The minimum Gasteiger partial charge on any atom is -0.337 e. The third kappa shape index (κ3) is 4.34. The number of carbonyl (C=O) groups excluding carboxylic acids is 1. The Morgan fingerprint density at radius 2 is 1.81 bits per heavy atom. The van der Waals surface area contributed by atoms with Crippen LogP contribution in [-0.2, 0) is 11.2 Å². The van der Waals surface area contributed by atoms with Gasteiger partial charge < -0.3 is 4.52 Å². The molecule has 0 atom stereocenters. The Labute approximate surface area is 183 Å². The van der Waals surface area contributed by atoms with Crippen molar-refractivity contribution in [2.75, 3.05) is 5.32 Å². The van der Waals surface area contributed by atoms with E-state index < -0.39 is 0 Å². The molecule has 1 N–H and O–H groups in total. The number of benzene rings is 2. The van der Waals surface area contributed by atoms with Crippen molar-refractivity contribution in [3.05, 3.63) is 88.3 Å². The molecule has 0 aliphatic rings. The fraction of sp³-hybridized carbons (Fsp3) is 0.125. The molecule has 0 spiro atoms. The lowest BCUT2D eigenvalue weighted by Crippen LogP contribution is -2.15. The van der Waals surface area contributed by atoms with E-state index in [4.69, 9.17) is 16.1 Å². The number of nitrogens with zero attached hydrogens (tertiary/aromatic N) is 2. The van der Waals surface area contributed by atoms with Crippen LogP contribution in [0.4, 0.5) is 10.3 Å². The summed E-state index contributed by atoms with van der Waals surface area (Å²) in [6.07, 6.45) is 1.76. The molecule has 2 aromatic heterocycles. The lowest BCUT2D eigenvalue weighted by atomic mass is 9.99. The summed E-state index contributed by atoms with van der Waals surface area (Å²) in [5, 5.41) is 7.47. The van der Waals surface area contributed by atoms with Crippen LogP contribution >= 0.6 is 11.6 Å². The second-order valence-corrected chi connectivity index (χ2v) is 7.57. The number of aryl methyl sites for hydroxylation is 1. The zero-order valence-corrected chi connectivity index (χ0v) is 17.7. The van der Waals surface area contributed by atoms with Crippen molar-refractivity contribution in [3.63, 3.8) is 0 Å². The minimum atomic E-state index is -0.355. The first-order valence-corrected chi connectivity index (χ1v) is 10.0. The molecule has 2 aromatic carbocycles. The molecule has 0 saturated heterocycles. The molecular weight excluding hydrogens is 417 g/mol. The Morgan fingerprint density at radius 3 is 2.55 bits per heavy atom. The van der Waals surface area contributed by atoms with Crippen LogP contribution in [0.25, 0.3) is 22.5 Å². The zero-order valence-electron chi connectivity index (χ0n) is 16.9. The number of carbonyl (C=O) groups is 1. The van der Waals surface area contributed by atoms with Crippen molar-refractivity contribution in [2.24, 2.45) is 0 Å². The molecule has 1 amide bonds. The van der Waals surface area contributed by atoms with Gasteiger partial charge in [-0.3, -0.25) is 15.1 Å². The van der Waals surface area contributed by atoms with Crippen LogP contribution in [0.5, 0.6) is 0 Å². The Bertz CT molecular complexity index is 1250. The van der Waals surface area contributed by atoms with Gasteiger partial charge in [-0.2, -0.15) is 0 Å². The third-order valence-corrected chi connectivity index (χ3v) is 5.45. The second-order valence-electron chi connectivity index (χ2n) is 7.16. The number of hydrogen-bond acceptors (Lipinski definition) is 4. The first-order chi connectivity index (χ1) is 14.9. The molecule has 0 bridgehead atoms. The predicted molar refractivity (Wildman–Crippen MR) is 118 cm³/mol. The maximum absolute atomic E-state index is 13.4. The summed E-state index contributed by atoms with van der Waals surface area (Å²) in [6.45, 7) is 3.91. The molecule has 7 heteroatoms. The lowest BCUT2D eigenvalue weighted by Gasteiger charge is -2.10. The van der Waals surface area contributed by atoms with E-state index in [0.717, 1.165) is 11.1 Å². The van der Waals surface area contributed by atoms with Crippen LogP contribution in [0.1, 0.15) is 16.7 Å². The zero-order chi connectivity index (χ0) is 22.0. The van der Waals surface area contributed by atoms with Gasteiger partial charge in [0.05, 0.1) is 17.7 Å². The van der Waals surface area contributed by atoms with Gasteiger partial charge in [-0.05, 0) is 66.9 Å². The Balaban J connectivity index is 1.76. The van der Waals surface area contributed by atoms with Gasteiger partial charge in [-0.25, -0.2) is 4.39 Å². The molecule has 5 nitrogen and oxygen atoms in total. The van der Waals surface area contributed by atoms with Crippen molar-refractivity contribution in [1.29, 1.82) is 0 Å². The van der Waals surface area contributed by atoms with Gasteiger partial charge in [-0.15, -0.1) is 0 Å². The lowest BCUT2D eigenvalue weighted by molar-refractivity contribution is -0.115. The van der Waals surface area contributed by atoms with Crippen molar-refractivity contribution < 1.29 is 13.7 Å². The number of anilines is 1. The normalized spacial score (nSPS) is 10.8. The third-order valence-electron chi connectivity index (χ3n) is 5.08. The molecule has 0 aliphatic carbocycles. The van der Waals surface area contributed by atoms with Gasteiger partial charge >= 0.3 is 0 Å². The van der Waals surface area contributed by atoms with Gasteiger partial charge in [0.2, 0.25) is 11.8 Å². The van der Waals surface area contributed by atoms with Gasteiger partial charge in [0.1, 0.15) is 11.5 Å². The molecule has 31 heavy (non-hydrogen) atoms. The summed E-state index contributed by atoms with van der Waals surface area (Å²) < 4.78 is 19.0. The van der Waals surface area contributed by atoms with E-state index in [1.807, 2.05) is 26.0 Å². The molecule has 0 radical (unpaired) electrons. The van der Waals surface area contributed by atoms with E-state index in [2.05, 4.69) is 15.5 Å². The number of aromatic nitrogens is 2. The van der Waals surface area contributed by atoms with Gasteiger partial charge in [0.25, 0.3) is 0 Å². The van der Waals surface area contributed by atoms with E-state index >= 15 is 0 Å². The Kier molecular flexibility index (Phi) is 5.82. The molecule has 0 fully saturated rings. The number of pyridine rings is 1. The van der Waals surface area contributed by atoms with E-state index in [0.29, 0.717) is 33.1 Å². The topological polar surface area (TPSA) is 68.0 Å². The standard InChI is InChI=1S/C24H19ClFN3O2/c1-14-11-12-27-22(15(14)2)21-23(16-7-9-18(26)10-8-16)29-31-24(21)28-20(30)13-17-5-3-4-6-19(17)25/h3-12H,13H2,1-2H3,(H,28,30). The van der Waals surface area contributed by atoms with E-state index in [1.165, 1.54) is 12.1 Å². The van der Waals surface area contributed by atoms with Crippen molar-refractivity contribution in [3.8, 4) is 22.5 Å². The van der Waals surface area contributed by atoms with Crippen LogP contribution < -0.4 is 5.32 Å². The van der Waals surface area contributed by atoms with Crippen LogP contribution in [0, 0.1) is 19.7 Å². The van der Waals surface area contributed by atoms with Crippen molar-refractivity contribution >= 4 is 23.4 Å². The van der Waals surface area contributed by atoms with Gasteiger partial charge in [0.15, 0.2) is 0 Å². The summed E-state index contributed by atoms with van der Waals surface area (Å²) in [5.74, 6) is -0.481. The number of halogens is 2. The Morgan fingerprint density at radius 1 is 1.06 bits per heavy atom. The second kappa shape index (κ2) is 8.70. The minimum absolute atomic E-state index is 0.0753. The summed E-state index contributed by atoms with van der Waals surface area (Å²) in [6, 6.07) is 15.0. The molecule has 4 rings (SSSR count). The number of amides is 1. The maximum atomic E-state index is 13.4. The predicted octanol–water partition coefficient (Wildman–Crippen LogP) is 5.99. The van der Waals surface area contributed by atoms with Gasteiger partial charge in [0, 0.05) is 16.8 Å². The van der Waals surface area contributed by atoms with Crippen LogP contribution in [0.15, 0.2) is 65.3 Å². The molecule has 156 valence electrons. The number of hydrogen-bond donors (Lipinski definition) is 1. The number of nitrogens with one attached hydrogen (secondary N) is 1. The monoisotopic (exact) mass is 435 g/mol. The van der Waals surface area contributed by atoms with Crippen molar-refractivity contribution in [1.82, 2.24) is 10.1 Å². The average molecular weight is 436 g/mol. The summed E-state index contributed by atoms with van der Waals surface area (Å²) in [7, 11) is 0. The fourth-order valence-electron chi connectivity index (χ4n) is 3.27. The van der Waals surface area contributed by atoms with E-state index in [-0.39, 0.29) is 24.0 Å². The quantitative estimate of drug-likeness (QED) is 0.417. The summed E-state index contributed by atoms with van der Waals surface area (Å²) >= 11 is 6.18. The van der Waals surface area contributed by atoms with Crippen molar-refractivity contribution in [2.45, 2.75) is 20.3 Å². The highest BCUT2D eigenvalue weighted by atomic mass is 35.5. The molecule has 0 aliphatic heterocycles. The highest BCUT2D eigenvalue weighted by Gasteiger charge is 2.24. The van der Waals surface area contributed by atoms with Crippen LogP contribution in [0.3, 0.4) is 0 Å².